The molecule has 2 aromatic carbocycles. The SMILES string of the molecule is C=CCN(C(=O)NC(C)(C)c1ccccc1)C(C)c1ccccc1Cl. The number of urea groups is 1. The number of carbonyl (C=O) groups is 1. The molecule has 0 aliphatic carbocycles. The highest BCUT2D eigenvalue weighted by Gasteiger charge is 2.28. The number of halogens is 1. The zero-order valence-electron chi connectivity index (χ0n) is 15.0. The standard InChI is InChI=1S/C21H25ClN2O/c1-5-15-24(16(2)18-13-9-10-14-19(18)22)20(25)23-21(3,4)17-11-7-6-8-12-17/h5-14,16H,1,15H2,2-4H3,(H,23,25). The fourth-order valence-electron chi connectivity index (χ4n) is 2.80. The van der Waals surface area contributed by atoms with Crippen molar-refractivity contribution in [2.75, 3.05) is 6.54 Å². The van der Waals surface area contributed by atoms with Crippen molar-refractivity contribution in [3.05, 3.63) is 83.4 Å². The molecule has 2 amide bonds. The molecule has 132 valence electrons. The molecule has 0 bridgehead atoms. The molecule has 0 radical (unpaired) electrons. The molecule has 0 aromatic heterocycles. The van der Waals surface area contributed by atoms with Crippen LogP contribution < -0.4 is 5.32 Å². The fourth-order valence-corrected chi connectivity index (χ4v) is 3.10. The average molecular weight is 357 g/mol. The predicted octanol–water partition coefficient (Wildman–Crippen LogP) is 5.53. The second-order valence-corrected chi connectivity index (χ2v) is 6.97. The van der Waals surface area contributed by atoms with E-state index in [0.717, 1.165) is 11.1 Å². The molecular weight excluding hydrogens is 332 g/mol. The fraction of sp³-hybridized carbons (Fsp3) is 0.286. The van der Waals surface area contributed by atoms with Crippen LogP contribution in [0.4, 0.5) is 4.79 Å². The van der Waals surface area contributed by atoms with E-state index in [1.165, 1.54) is 0 Å². The lowest BCUT2D eigenvalue weighted by molar-refractivity contribution is 0.176. The van der Waals surface area contributed by atoms with Gasteiger partial charge in [-0.2, -0.15) is 0 Å². The first-order valence-corrected chi connectivity index (χ1v) is 8.74. The van der Waals surface area contributed by atoms with Crippen LogP contribution in [-0.4, -0.2) is 17.5 Å². The third-order valence-electron chi connectivity index (χ3n) is 4.32. The number of rotatable bonds is 6. The third kappa shape index (κ3) is 4.64. The third-order valence-corrected chi connectivity index (χ3v) is 4.67. The van der Waals surface area contributed by atoms with E-state index in [4.69, 9.17) is 11.6 Å². The van der Waals surface area contributed by atoms with E-state index in [0.29, 0.717) is 11.6 Å². The Labute approximate surface area is 155 Å². The van der Waals surface area contributed by atoms with Gasteiger partial charge in [-0.1, -0.05) is 66.2 Å². The average Bonchev–Trinajstić information content (AvgIpc) is 2.60. The number of hydrogen-bond donors (Lipinski definition) is 1. The lowest BCUT2D eigenvalue weighted by atomic mass is 9.94. The number of nitrogens with one attached hydrogen (secondary N) is 1. The summed E-state index contributed by atoms with van der Waals surface area (Å²) in [6.45, 7) is 10.2. The number of benzene rings is 2. The molecule has 0 heterocycles. The van der Waals surface area contributed by atoms with Gasteiger partial charge in [0.05, 0.1) is 11.6 Å². The van der Waals surface area contributed by atoms with Gasteiger partial charge in [0, 0.05) is 11.6 Å². The van der Waals surface area contributed by atoms with E-state index in [1.807, 2.05) is 75.4 Å². The van der Waals surface area contributed by atoms with Gasteiger partial charge in [0.2, 0.25) is 0 Å². The van der Waals surface area contributed by atoms with Crippen LogP contribution >= 0.6 is 11.6 Å². The summed E-state index contributed by atoms with van der Waals surface area (Å²) in [7, 11) is 0. The Balaban J connectivity index is 2.23. The van der Waals surface area contributed by atoms with Crippen LogP contribution in [-0.2, 0) is 5.54 Å². The van der Waals surface area contributed by atoms with Crippen molar-refractivity contribution in [3.8, 4) is 0 Å². The Hall–Kier alpha value is -2.26. The molecule has 0 aliphatic rings. The van der Waals surface area contributed by atoms with Gasteiger partial charge in [-0.25, -0.2) is 4.79 Å². The quantitative estimate of drug-likeness (QED) is 0.677. The minimum Gasteiger partial charge on any atom is -0.329 e. The Morgan fingerprint density at radius 3 is 2.40 bits per heavy atom. The van der Waals surface area contributed by atoms with Gasteiger partial charge >= 0.3 is 6.03 Å². The number of hydrogen-bond acceptors (Lipinski definition) is 1. The first-order chi connectivity index (χ1) is 11.9. The predicted molar refractivity (Wildman–Crippen MR) is 105 cm³/mol. The minimum absolute atomic E-state index is 0.152. The van der Waals surface area contributed by atoms with Gasteiger partial charge in [-0.15, -0.1) is 6.58 Å². The molecule has 0 fully saturated rings. The lowest BCUT2D eigenvalue weighted by Gasteiger charge is -2.34. The van der Waals surface area contributed by atoms with E-state index < -0.39 is 5.54 Å². The number of carbonyl (C=O) groups excluding carboxylic acids is 1. The maximum absolute atomic E-state index is 13.0. The highest BCUT2D eigenvalue weighted by molar-refractivity contribution is 6.31. The lowest BCUT2D eigenvalue weighted by Crippen LogP contribution is -2.49. The van der Waals surface area contributed by atoms with Crippen LogP contribution in [0.1, 0.15) is 37.9 Å². The van der Waals surface area contributed by atoms with Crippen molar-refractivity contribution in [1.82, 2.24) is 10.2 Å². The molecule has 0 saturated carbocycles. The zero-order chi connectivity index (χ0) is 18.4. The second-order valence-electron chi connectivity index (χ2n) is 6.56. The van der Waals surface area contributed by atoms with E-state index in [1.54, 1.807) is 11.0 Å². The number of amides is 2. The van der Waals surface area contributed by atoms with Crippen molar-refractivity contribution < 1.29 is 4.79 Å². The van der Waals surface area contributed by atoms with Gasteiger partial charge < -0.3 is 10.2 Å². The summed E-state index contributed by atoms with van der Waals surface area (Å²) < 4.78 is 0. The Bertz CT molecular complexity index is 728. The summed E-state index contributed by atoms with van der Waals surface area (Å²) in [5.41, 5.74) is 1.48. The normalized spacial score (nSPS) is 12.3. The minimum atomic E-state index is -0.488. The van der Waals surface area contributed by atoms with E-state index in [9.17, 15) is 4.79 Å². The summed E-state index contributed by atoms with van der Waals surface area (Å²) in [5, 5.41) is 3.78. The Morgan fingerprint density at radius 2 is 1.80 bits per heavy atom. The van der Waals surface area contributed by atoms with Crippen molar-refractivity contribution >= 4 is 17.6 Å². The topological polar surface area (TPSA) is 32.3 Å². The molecule has 0 saturated heterocycles. The second kappa shape index (κ2) is 8.21. The Kier molecular flexibility index (Phi) is 6.27. The van der Waals surface area contributed by atoms with Crippen LogP contribution in [0.15, 0.2) is 67.3 Å². The highest BCUT2D eigenvalue weighted by Crippen LogP contribution is 2.28. The van der Waals surface area contributed by atoms with Gasteiger partial charge in [0.15, 0.2) is 0 Å². The van der Waals surface area contributed by atoms with Crippen LogP contribution in [0, 0.1) is 0 Å². The smallest absolute Gasteiger partial charge is 0.318 e. The molecule has 2 rings (SSSR count). The van der Waals surface area contributed by atoms with Crippen LogP contribution in [0.3, 0.4) is 0 Å². The molecule has 1 N–H and O–H groups in total. The highest BCUT2D eigenvalue weighted by atomic mass is 35.5. The summed E-state index contributed by atoms with van der Waals surface area (Å²) in [6.07, 6.45) is 1.72. The van der Waals surface area contributed by atoms with E-state index in [2.05, 4.69) is 11.9 Å². The Morgan fingerprint density at radius 1 is 1.20 bits per heavy atom. The van der Waals surface area contributed by atoms with Crippen LogP contribution in [0.2, 0.25) is 5.02 Å². The summed E-state index contributed by atoms with van der Waals surface area (Å²) in [4.78, 5) is 14.7. The van der Waals surface area contributed by atoms with Gasteiger partial charge in [-0.05, 0) is 38.0 Å². The summed E-state index contributed by atoms with van der Waals surface area (Å²) in [5.74, 6) is 0. The van der Waals surface area contributed by atoms with Crippen molar-refractivity contribution in [1.29, 1.82) is 0 Å². The maximum atomic E-state index is 13.0. The zero-order valence-corrected chi connectivity index (χ0v) is 15.8. The molecule has 1 unspecified atom stereocenters. The molecular formula is C21H25ClN2O. The van der Waals surface area contributed by atoms with Gasteiger partial charge in [0.25, 0.3) is 0 Å². The van der Waals surface area contributed by atoms with Crippen molar-refractivity contribution in [3.63, 3.8) is 0 Å². The van der Waals surface area contributed by atoms with Crippen molar-refractivity contribution in [2.45, 2.75) is 32.4 Å². The monoisotopic (exact) mass is 356 g/mol. The van der Waals surface area contributed by atoms with Crippen molar-refractivity contribution in [2.24, 2.45) is 0 Å². The largest absolute Gasteiger partial charge is 0.329 e. The van der Waals surface area contributed by atoms with E-state index >= 15 is 0 Å². The van der Waals surface area contributed by atoms with E-state index in [-0.39, 0.29) is 12.1 Å². The molecule has 2 aromatic rings. The molecule has 4 heteroatoms. The molecule has 3 nitrogen and oxygen atoms in total. The molecule has 25 heavy (non-hydrogen) atoms. The molecule has 0 aliphatic heterocycles. The van der Waals surface area contributed by atoms with Gasteiger partial charge in [0.1, 0.15) is 0 Å². The first-order valence-electron chi connectivity index (χ1n) is 8.36. The first kappa shape index (κ1) is 19.1. The maximum Gasteiger partial charge on any atom is 0.318 e. The number of nitrogens with zero attached hydrogens (tertiary/aromatic N) is 1. The summed E-state index contributed by atoms with van der Waals surface area (Å²) >= 11 is 6.31. The van der Waals surface area contributed by atoms with Crippen LogP contribution in [0.5, 0.6) is 0 Å². The molecule has 1 atom stereocenters. The molecule has 0 spiro atoms. The van der Waals surface area contributed by atoms with Crippen LogP contribution in [0.25, 0.3) is 0 Å². The van der Waals surface area contributed by atoms with Gasteiger partial charge in [-0.3, -0.25) is 0 Å². The summed E-state index contributed by atoms with van der Waals surface area (Å²) in [6, 6.07) is 17.2.